The first-order valence-electron chi connectivity index (χ1n) is 6.46. The normalized spacial score (nSPS) is 21.9. The van der Waals surface area contributed by atoms with Gasteiger partial charge in [0.2, 0.25) is 0 Å². The topological polar surface area (TPSA) is 34.1 Å². The van der Waals surface area contributed by atoms with Crippen LogP contribution in [-0.4, -0.2) is 11.6 Å². The summed E-state index contributed by atoms with van der Waals surface area (Å²) in [7, 11) is 0. The number of benzene rings is 1. The summed E-state index contributed by atoms with van der Waals surface area (Å²) in [5.41, 5.74) is 2.75. The van der Waals surface area contributed by atoms with Gasteiger partial charge in [-0.25, -0.2) is 0 Å². The second-order valence-electron chi connectivity index (χ2n) is 5.03. The van der Waals surface area contributed by atoms with Gasteiger partial charge in [0.15, 0.2) is 11.6 Å². The first-order valence-corrected chi connectivity index (χ1v) is 6.46. The van der Waals surface area contributed by atoms with Crippen LogP contribution in [-0.2, 0) is 11.2 Å². The van der Waals surface area contributed by atoms with Crippen LogP contribution in [0.5, 0.6) is 0 Å². The van der Waals surface area contributed by atoms with Crippen molar-refractivity contribution in [1.82, 2.24) is 0 Å². The summed E-state index contributed by atoms with van der Waals surface area (Å²) in [6.45, 7) is 0. The van der Waals surface area contributed by atoms with Crippen LogP contribution in [0.4, 0.5) is 0 Å². The molecule has 2 aliphatic rings. The highest BCUT2D eigenvalue weighted by Gasteiger charge is 2.29. The predicted octanol–water partition coefficient (Wildman–Crippen LogP) is 3.17. The standard InChI is InChI=1S/C16H15O2.H2/c17-15(12-8-9-12)10-13-6-3-5-11-4-1-2-7-14(11)16(13)18;/h1-2,4,7-9,13H,3,5-6,10H2;1H. The lowest BCUT2D eigenvalue weighted by atomic mass is 9.90. The van der Waals surface area contributed by atoms with Crippen molar-refractivity contribution in [1.29, 1.82) is 0 Å². The Morgan fingerprint density at radius 3 is 2.89 bits per heavy atom. The molecule has 2 heteroatoms. The molecule has 0 heterocycles. The molecule has 1 unspecified atom stereocenters. The quantitative estimate of drug-likeness (QED) is 0.762. The van der Waals surface area contributed by atoms with Crippen molar-refractivity contribution >= 4 is 11.6 Å². The van der Waals surface area contributed by atoms with Gasteiger partial charge in [0, 0.05) is 25.7 Å². The molecule has 0 amide bonds. The number of hydrogen-bond acceptors (Lipinski definition) is 2. The van der Waals surface area contributed by atoms with Gasteiger partial charge in [0.05, 0.1) is 0 Å². The van der Waals surface area contributed by atoms with E-state index in [0.717, 1.165) is 36.0 Å². The van der Waals surface area contributed by atoms with Gasteiger partial charge in [0.1, 0.15) is 0 Å². The fourth-order valence-corrected chi connectivity index (χ4v) is 2.63. The molecule has 0 aromatic heterocycles. The molecule has 0 saturated heterocycles. The van der Waals surface area contributed by atoms with Crippen molar-refractivity contribution in [2.24, 2.45) is 5.92 Å². The molecule has 1 aromatic carbocycles. The van der Waals surface area contributed by atoms with E-state index in [1.807, 2.05) is 36.8 Å². The molecule has 1 aromatic rings. The van der Waals surface area contributed by atoms with Crippen molar-refractivity contribution in [2.75, 3.05) is 0 Å². The maximum Gasteiger partial charge on any atom is 0.166 e. The number of carbonyl (C=O) groups is 2. The smallest absolute Gasteiger partial charge is 0.166 e. The zero-order valence-electron chi connectivity index (χ0n) is 10.2. The minimum atomic E-state index is -0.129. The molecule has 0 spiro atoms. The Bertz CT molecular complexity index is 545. The molecule has 0 aliphatic heterocycles. The number of carbonyl (C=O) groups excluding carboxylic acids is 2. The predicted molar refractivity (Wildman–Crippen MR) is 71.3 cm³/mol. The van der Waals surface area contributed by atoms with Gasteiger partial charge >= 0.3 is 0 Å². The molecule has 3 rings (SSSR count). The number of aryl methyl sites for hydroxylation is 1. The van der Waals surface area contributed by atoms with Crippen molar-refractivity contribution in [3.8, 4) is 0 Å². The van der Waals surface area contributed by atoms with Gasteiger partial charge in [-0.05, 0) is 30.4 Å². The average Bonchev–Trinajstić information content (AvgIpc) is 3.20. The number of hydrogen-bond donors (Lipinski definition) is 0. The third-order valence-corrected chi connectivity index (χ3v) is 3.74. The van der Waals surface area contributed by atoms with E-state index in [9.17, 15) is 9.59 Å². The lowest BCUT2D eigenvalue weighted by Crippen LogP contribution is -2.17. The van der Waals surface area contributed by atoms with E-state index in [1.54, 1.807) is 0 Å². The van der Waals surface area contributed by atoms with E-state index in [0.29, 0.717) is 6.42 Å². The number of fused-ring (bicyclic) bond motifs is 1. The number of rotatable bonds is 3. The third-order valence-electron chi connectivity index (χ3n) is 3.74. The van der Waals surface area contributed by atoms with E-state index in [4.69, 9.17) is 0 Å². The first kappa shape index (κ1) is 11.4. The Morgan fingerprint density at radius 1 is 1.33 bits per heavy atom. The van der Waals surface area contributed by atoms with Crippen LogP contribution in [0.2, 0.25) is 0 Å². The highest BCUT2D eigenvalue weighted by atomic mass is 16.1. The van der Waals surface area contributed by atoms with Gasteiger partial charge in [-0.3, -0.25) is 9.59 Å². The molecule has 1 radical (unpaired) electrons. The van der Waals surface area contributed by atoms with Crippen molar-refractivity contribution in [3.63, 3.8) is 0 Å². The third kappa shape index (κ3) is 2.15. The summed E-state index contributed by atoms with van der Waals surface area (Å²) in [6.07, 6.45) is 6.77. The van der Waals surface area contributed by atoms with Gasteiger partial charge in [-0.2, -0.15) is 0 Å². The molecule has 0 saturated carbocycles. The Labute approximate surface area is 108 Å². The second-order valence-corrected chi connectivity index (χ2v) is 5.03. The van der Waals surface area contributed by atoms with E-state index in [1.165, 1.54) is 0 Å². The van der Waals surface area contributed by atoms with Crippen molar-refractivity contribution in [3.05, 3.63) is 53.5 Å². The Kier molecular flexibility index (Phi) is 2.86. The maximum absolute atomic E-state index is 12.4. The fraction of sp³-hybridized carbons (Fsp3) is 0.312. The van der Waals surface area contributed by atoms with E-state index in [2.05, 4.69) is 0 Å². The van der Waals surface area contributed by atoms with Crippen molar-refractivity contribution in [2.45, 2.75) is 25.7 Å². The minimum absolute atomic E-state index is 0. The summed E-state index contributed by atoms with van der Waals surface area (Å²) in [5.74, 6) is 0.140. The lowest BCUT2D eigenvalue weighted by Gasteiger charge is -2.11. The van der Waals surface area contributed by atoms with Crippen LogP contribution in [0.15, 0.2) is 35.9 Å². The van der Waals surface area contributed by atoms with Crippen LogP contribution in [0.25, 0.3) is 0 Å². The number of ketones is 2. The fourth-order valence-electron chi connectivity index (χ4n) is 2.63. The molecule has 18 heavy (non-hydrogen) atoms. The summed E-state index contributed by atoms with van der Waals surface area (Å²) < 4.78 is 0. The van der Waals surface area contributed by atoms with Gasteiger partial charge in [0.25, 0.3) is 0 Å². The molecule has 93 valence electrons. The van der Waals surface area contributed by atoms with Gasteiger partial charge in [-0.15, -0.1) is 0 Å². The van der Waals surface area contributed by atoms with E-state index in [-0.39, 0.29) is 18.9 Å². The van der Waals surface area contributed by atoms with Gasteiger partial charge < -0.3 is 0 Å². The van der Waals surface area contributed by atoms with Crippen LogP contribution in [0.1, 0.15) is 36.6 Å². The molecule has 0 N–H and O–H groups in total. The molecule has 0 fully saturated rings. The zero-order chi connectivity index (χ0) is 12.5. The largest absolute Gasteiger partial charge is 0.295 e. The van der Waals surface area contributed by atoms with Crippen molar-refractivity contribution < 1.29 is 11.0 Å². The zero-order valence-corrected chi connectivity index (χ0v) is 10.2. The lowest BCUT2D eigenvalue weighted by molar-refractivity contribution is -0.115. The monoisotopic (exact) mass is 241 g/mol. The first-order chi connectivity index (χ1) is 8.75. The molecule has 0 bridgehead atoms. The molecule has 1 atom stereocenters. The highest BCUT2D eigenvalue weighted by Crippen LogP contribution is 2.29. The Morgan fingerprint density at radius 2 is 2.11 bits per heavy atom. The van der Waals surface area contributed by atoms with Crippen LogP contribution >= 0.6 is 0 Å². The number of Topliss-reactive ketones (excluding diaryl/α,β-unsaturated/α-hetero) is 2. The molecule has 2 aliphatic carbocycles. The summed E-state index contributed by atoms with van der Waals surface area (Å²) in [6, 6.07) is 7.79. The SMILES string of the molecule is O=C(CC1CCCc2ccccc2C1=O)C1=C[CH]1.[HH]. The number of allylic oxidation sites excluding steroid dienone is 2. The van der Waals surface area contributed by atoms with Crippen LogP contribution in [0, 0.1) is 12.3 Å². The average molecular weight is 241 g/mol. The maximum atomic E-state index is 12.4. The Balaban J connectivity index is 0.00000133. The minimum Gasteiger partial charge on any atom is -0.295 e. The van der Waals surface area contributed by atoms with Crippen LogP contribution < -0.4 is 0 Å². The van der Waals surface area contributed by atoms with Gasteiger partial charge in [-0.1, -0.05) is 30.3 Å². The molecular formula is C16H17O2. The van der Waals surface area contributed by atoms with E-state index >= 15 is 0 Å². The van der Waals surface area contributed by atoms with Crippen LogP contribution in [0.3, 0.4) is 0 Å². The Hall–Kier alpha value is -1.70. The summed E-state index contributed by atoms with van der Waals surface area (Å²) in [4.78, 5) is 24.2. The second kappa shape index (κ2) is 4.52. The highest BCUT2D eigenvalue weighted by molar-refractivity contribution is 6.07. The summed E-state index contributed by atoms with van der Waals surface area (Å²) >= 11 is 0. The van der Waals surface area contributed by atoms with E-state index < -0.39 is 0 Å². The summed E-state index contributed by atoms with van der Waals surface area (Å²) in [5, 5.41) is 0. The molecule has 2 nitrogen and oxygen atoms in total. The molecular weight excluding hydrogens is 224 g/mol.